The van der Waals surface area contributed by atoms with Crippen LogP contribution in [-0.2, 0) is 16.1 Å². The average Bonchev–Trinajstić information content (AvgIpc) is 2.63. The predicted octanol–water partition coefficient (Wildman–Crippen LogP) is 1.74. The van der Waals surface area contributed by atoms with Crippen LogP contribution in [0.2, 0.25) is 0 Å². The first-order valence-electron chi connectivity index (χ1n) is 5.26. The lowest BCUT2D eigenvalue weighted by atomic mass is 10.1. The summed E-state index contributed by atoms with van der Waals surface area (Å²) in [6.45, 7) is 6.54. The number of nitrogens with one attached hydrogen (secondary N) is 1. The van der Waals surface area contributed by atoms with E-state index < -0.39 is 0 Å². The monoisotopic (exact) mass is 242 g/mol. The second-order valence-electron chi connectivity index (χ2n) is 4.01. The van der Waals surface area contributed by atoms with E-state index in [1.54, 1.807) is 11.3 Å². The molecule has 1 atom stereocenters. The summed E-state index contributed by atoms with van der Waals surface area (Å²) in [5.74, 6) is -0.0169. The van der Waals surface area contributed by atoms with Crippen LogP contribution < -0.4 is 5.32 Å². The number of esters is 1. The molecule has 0 radical (unpaired) electrons. The summed E-state index contributed by atoms with van der Waals surface area (Å²) in [6.07, 6.45) is 0. The smallest absolute Gasteiger partial charge is 0.323 e. The summed E-state index contributed by atoms with van der Waals surface area (Å²) < 4.78 is 4.75. The zero-order valence-electron chi connectivity index (χ0n) is 10.1. The van der Waals surface area contributed by atoms with Gasteiger partial charge in [-0.15, -0.1) is 11.3 Å². The molecule has 0 saturated carbocycles. The highest BCUT2D eigenvalue weighted by atomic mass is 32.1. The van der Waals surface area contributed by atoms with Gasteiger partial charge in [-0.1, -0.05) is 13.8 Å². The van der Waals surface area contributed by atoms with Crippen LogP contribution >= 0.6 is 11.3 Å². The van der Waals surface area contributed by atoms with Gasteiger partial charge >= 0.3 is 5.97 Å². The van der Waals surface area contributed by atoms with Gasteiger partial charge in [-0.2, -0.15) is 0 Å². The molecule has 1 rings (SSSR count). The maximum atomic E-state index is 11.5. The van der Waals surface area contributed by atoms with Crippen LogP contribution in [0.4, 0.5) is 0 Å². The van der Waals surface area contributed by atoms with E-state index in [0.717, 1.165) is 10.7 Å². The van der Waals surface area contributed by atoms with Gasteiger partial charge in [-0.3, -0.25) is 10.1 Å². The molecular formula is C11H18N2O2S. The molecule has 0 bridgehead atoms. The van der Waals surface area contributed by atoms with Crippen LogP contribution in [-0.4, -0.2) is 24.1 Å². The molecule has 1 aromatic heterocycles. The van der Waals surface area contributed by atoms with Crippen molar-refractivity contribution < 1.29 is 9.53 Å². The highest BCUT2D eigenvalue weighted by molar-refractivity contribution is 7.09. The SMILES string of the molecule is COC(=O)C(NCc1nc(C)cs1)C(C)C. The third-order valence-electron chi connectivity index (χ3n) is 2.26. The van der Waals surface area contributed by atoms with E-state index in [1.807, 2.05) is 26.2 Å². The Bertz CT molecular complexity index is 350. The van der Waals surface area contributed by atoms with Crippen molar-refractivity contribution in [2.24, 2.45) is 5.92 Å². The number of methoxy groups -OCH3 is 1. The maximum Gasteiger partial charge on any atom is 0.323 e. The Labute approximate surface area is 100 Å². The third kappa shape index (κ3) is 3.57. The Morgan fingerprint density at radius 1 is 1.62 bits per heavy atom. The second kappa shape index (κ2) is 5.96. The number of hydrogen-bond acceptors (Lipinski definition) is 5. The van der Waals surface area contributed by atoms with Crippen molar-refractivity contribution in [2.45, 2.75) is 33.4 Å². The first kappa shape index (κ1) is 13.1. The molecule has 0 saturated heterocycles. The molecule has 1 heterocycles. The van der Waals surface area contributed by atoms with Gasteiger partial charge in [0.05, 0.1) is 7.11 Å². The molecule has 0 aliphatic rings. The molecule has 0 aliphatic heterocycles. The van der Waals surface area contributed by atoms with E-state index in [9.17, 15) is 4.79 Å². The van der Waals surface area contributed by atoms with Crippen LogP contribution in [0.1, 0.15) is 24.5 Å². The van der Waals surface area contributed by atoms with Crippen molar-refractivity contribution >= 4 is 17.3 Å². The molecule has 1 aromatic rings. The average molecular weight is 242 g/mol. The highest BCUT2D eigenvalue weighted by Crippen LogP contribution is 2.10. The summed E-state index contributed by atoms with van der Waals surface area (Å²) in [5, 5.41) is 6.17. The van der Waals surface area contributed by atoms with Crippen molar-refractivity contribution in [3.8, 4) is 0 Å². The summed E-state index contributed by atoms with van der Waals surface area (Å²) in [7, 11) is 1.41. The van der Waals surface area contributed by atoms with E-state index in [-0.39, 0.29) is 17.9 Å². The minimum Gasteiger partial charge on any atom is -0.468 e. The number of aryl methyl sites for hydroxylation is 1. The van der Waals surface area contributed by atoms with Crippen LogP contribution in [0.15, 0.2) is 5.38 Å². The van der Waals surface area contributed by atoms with E-state index >= 15 is 0 Å². The largest absolute Gasteiger partial charge is 0.468 e. The maximum absolute atomic E-state index is 11.5. The number of carbonyl (C=O) groups excluding carboxylic acids is 1. The van der Waals surface area contributed by atoms with Crippen LogP contribution in [0, 0.1) is 12.8 Å². The molecule has 0 amide bonds. The van der Waals surface area contributed by atoms with Crippen molar-refractivity contribution in [1.29, 1.82) is 0 Å². The molecule has 0 aromatic carbocycles. The van der Waals surface area contributed by atoms with Crippen molar-refractivity contribution in [2.75, 3.05) is 7.11 Å². The van der Waals surface area contributed by atoms with Crippen LogP contribution in [0.5, 0.6) is 0 Å². The fourth-order valence-electron chi connectivity index (χ4n) is 1.40. The number of aromatic nitrogens is 1. The van der Waals surface area contributed by atoms with E-state index in [2.05, 4.69) is 10.3 Å². The van der Waals surface area contributed by atoms with Gasteiger partial charge in [-0.05, 0) is 12.8 Å². The van der Waals surface area contributed by atoms with Crippen molar-refractivity contribution in [1.82, 2.24) is 10.3 Å². The van der Waals surface area contributed by atoms with Gasteiger partial charge in [0.2, 0.25) is 0 Å². The molecule has 1 N–H and O–H groups in total. The van der Waals surface area contributed by atoms with Gasteiger partial charge in [0.1, 0.15) is 11.0 Å². The molecule has 0 fully saturated rings. The number of nitrogens with zero attached hydrogens (tertiary/aromatic N) is 1. The molecule has 16 heavy (non-hydrogen) atoms. The Morgan fingerprint density at radius 3 is 2.75 bits per heavy atom. The topological polar surface area (TPSA) is 51.2 Å². The molecule has 5 heteroatoms. The standard InChI is InChI=1S/C11H18N2O2S/c1-7(2)10(11(14)15-4)12-5-9-13-8(3)6-16-9/h6-7,10,12H,5H2,1-4H3. The Hall–Kier alpha value is -0.940. The van der Waals surface area contributed by atoms with Gasteiger partial charge in [0.15, 0.2) is 0 Å². The summed E-state index contributed by atoms with van der Waals surface area (Å²) in [5.41, 5.74) is 1.01. The molecule has 1 unspecified atom stereocenters. The van der Waals surface area contributed by atoms with Crippen LogP contribution in [0.3, 0.4) is 0 Å². The minimum absolute atomic E-state index is 0.202. The zero-order chi connectivity index (χ0) is 12.1. The van der Waals surface area contributed by atoms with E-state index in [4.69, 9.17) is 4.74 Å². The minimum atomic E-state index is -0.269. The number of rotatable bonds is 5. The van der Waals surface area contributed by atoms with Gasteiger partial charge in [0.25, 0.3) is 0 Å². The number of ether oxygens (including phenoxy) is 1. The Balaban J connectivity index is 2.53. The Morgan fingerprint density at radius 2 is 2.31 bits per heavy atom. The fourth-order valence-corrected chi connectivity index (χ4v) is 2.12. The van der Waals surface area contributed by atoms with Crippen molar-refractivity contribution in [3.63, 3.8) is 0 Å². The normalized spacial score (nSPS) is 12.8. The summed E-state index contributed by atoms with van der Waals surface area (Å²) in [6, 6.07) is -0.269. The first-order chi connectivity index (χ1) is 7.54. The first-order valence-corrected chi connectivity index (χ1v) is 6.14. The van der Waals surface area contributed by atoms with Gasteiger partial charge in [0, 0.05) is 17.6 Å². The van der Waals surface area contributed by atoms with E-state index in [1.165, 1.54) is 7.11 Å². The number of thiazole rings is 1. The third-order valence-corrected chi connectivity index (χ3v) is 3.23. The van der Waals surface area contributed by atoms with Crippen LogP contribution in [0.25, 0.3) is 0 Å². The molecule has 0 aliphatic carbocycles. The second-order valence-corrected chi connectivity index (χ2v) is 4.95. The highest BCUT2D eigenvalue weighted by Gasteiger charge is 2.22. The van der Waals surface area contributed by atoms with Crippen molar-refractivity contribution in [3.05, 3.63) is 16.1 Å². The predicted molar refractivity (Wildman–Crippen MR) is 64.3 cm³/mol. The lowest BCUT2D eigenvalue weighted by Gasteiger charge is -2.18. The summed E-state index contributed by atoms with van der Waals surface area (Å²) in [4.78, 5) is 15.8. The zero-order valence-corrected chi connectivity index (χ0v) is 10.9. The van der Waals surface area contributed by atoms with Gasteiger partial charge in [-0.25, -0.2) is 4.98 Å². The summed E-state index contributed by atoms with van der Waals surface area (Å²) >= 11 is 1.60. The molecule has 4 nitrogen and oxygen atoms in total. The van der Waals surface area contributed by atoms with Gasteiger partial charge < -0.3 is 4.74 Å². The molecular weight excluding hydrogens is 224 g/mol. The lowest BCUT2D eigenvalue weighted by Crippen LogP contribution is -2.41. The number of carbonyl (C=O) groups is 1. The molecule has 90 valence electrons. The quantitative estimate of drug-likeness (QED) is 0.799. The molecule has 0 spiro atoms. The van der Waals surface area contributed by atoms with E-state index in [0.29, 0.717) is 6.54 Å². The Kier molecular flexibility index (Phi) is 4.89. The lowest BCUT2D eigenvalue weighted by molar-refractivity contribution is -0.144. The number of hydrogen-bond donors (Lipinski definition) is 1. The fraction of sp³-hybridized carbons (Fsp3) is 0.636.